The average molecular weight is 290 g/mol. The van der Waals surface area contributed by atoms with Gasteiger partial charge in [0.2, 0.25) is 17.7 Å². The summed E-state index contributed by atoms with van der Waals surface area (Å²) in [6.07, 6.45) is 0. The summed E-state index contributed by atoms with van der Waals surface area (Å²) in [5.74, 6) is -1.12. The van der Waals surface area contributed by atoms with Gasteiger partial charge < -0.3 is 11.1 Å². The quantitative estimate of drug-likeness (QED) is 0.531. The molecule has 3 amide bonds. The molecule has 1 aliphatic heterocycles. The molecule has 0 saturated carbocycles. The molecule has 1 heterocycles. The minimum absolute atomic E-state index is 0.0176. The van der Waals surface area contributed by atoms with Crippen molar-refractivity contribution in [2.75, 3.05) is 24.1 Å². The number of amides is 3. The lowest BCUT2D eigenvalue weighted by molar-refractivity contribution is -0.140. The second kappa shape index (κ2) is 5.92. The Labute approximate surface area is 122 Å². The summed E-state index contributed by atoms with van der Waals surface area (Å²) in [6, 6.07) is 4.80. The number of imide groups is 1. The average Bonchev–Trinajstić information content (AvgIpc) is 2.38. The van der Waals surface area contributed by atoms with Crippen molar-refractivity contribution in [3.63, 3.8) is 0 Å². The molecule has 0 aliphatic carbocycles. The zero-order valence-corrected chi connectivity index (χ0v) is 12.0. The summed E-state index contributed by atoms with van der Waals surface area (Å²) < 4.78 is 0. The molecule has 2 rings (SSSR count). The topological polar surface area (TPSA) is 105 Å². The van der Waals surface area contributed by atoms with Crippen LogP contribution in [-0.2, 0) is 14.4 Å². The Hall–Kier alpha value is -2.41. The molecule has 4 N–H and O–H groups in total. The van der Waals surface area contributed by atoms with Crippen molar-refractivity contribution in [3.8, 4) is 0 Å². The maximum absolute atomic E-state index is 12.0. The first-order valence-electron chi connectivity index (χ1n) is 6.60. The molecule has 21 heavy (non-hydrogen) atoms. The van der Waals surface area contributed by atoms with Crippen LogP contribution >= 0.6 is 0 Å². The number of nitrogens with one attached hydrogen (secondary N) is 2. The van der Waals surface area contributed by atoms with E-state index in [-0.39, 0.29) is 19.0 Å². The Morgan fingerprint density at radius 3 is 2.86 bits per heavy atom. The van der Waals surface area contributed by atoms with Crippen molar-refractivity contribution >= 4 is 29.1 Å². The van der Waals surface area contributed by atoms with Gasteiger partial charge in [-0.15, -0.1) is 0 Å². The minimum atomic E-state index is -0.524. The Balaban J connectivity index is 2.01. The first kappa shape index (κ1) is 15.0. The third-order valence-corrected chi connectivity index (χ3v) is 3.36. The highest BCUT2D eigenvalue weighted by Gasteiger charge is 2.31. The molecule has 7 nitrogen and oxygen atoms in total. The van der Waals surface area contributed by atoms with Crippen molar-refractivity contribution in [2.45, 2.75) is 19.9 Å². The number of anilines is 2. The maximum Gasteiger partial charge on any atom is 0.243 e. The zero-order chi connectivity index (χ0) is 15.6. The molecule has 0 radical (unpaired) electrons. The Morgan fingerprint density at radius 1 is 1.48 bits per heavy atom. The molecule has 1 atom stereocenters. The summed E-state index contributed by atoms with van der Waals surface area (Å²) in [4.78, 5) is 36.4. The van der Waals surface area contributed by atoms with Crippen LogP contribution in [0.5, 0.6) is 0 Å². The number of hydrogen-bond acceptors (Lipinski definition) is 5. The van der Waals surface area contributed by atoms with E-state index in [1.54, 1.807) is 19.1 Å². The van der Waals surface area contributed by atoms with Gasteiger partial charge >= 0.3 is 0 Å². The van der Waals surface area contributed by atoms with Crippen LogP contribution in [0.2, 0.25) is 0 Å². The molecular weight excluding hydrogens is 272 g/mol. The third-order valence-electron chi connectivity index (χ3n) is 3.36. The Bertz CT molecular complexity index is 600. The maximum atomic E-state index is 12.0. The van der Waals surface area contributed by atoms with Crippen molar-refractivity contribution in [1.82, 2.24) is 10.2 Å². The van der Waals surface area contributed by atoms with Gasteiger partial charge in [0.25, 0.3) is 0 Å². The van der Waals surface area contributed by atoms with Crippen LogP contribution in [0.15, 0.2) is 18.2 Å². The molecule has 1 saturated heterocycles. The van der Waals surface area contributed by atoms with Crippen LogP contribution in [0.1, 0.15) is 12.5 Å². The lowest BCUT2D eigenvalue weighted by atomic mass is 10.2. The van der Waals surface area contributed by atoms with Crippen molar-refractivity contribution in [3.05, 3.63) is 23.8 Å². The van der Waals surface area contributed by atoms with E-state index in [0.29, 0.717) is 11.4 Å². The molecule has 112 valence electrons. The highest BCUT2D eigenvalue weighted by atomic mass is 16.2. The Kier molecular flexibility index (Phi) is 4.23. The summed E-state index contributed by atoms with van der Waals surface area (Å²) in [5.41, 5.74) is 7.82. The molecule has 1 aromatic carbocycles. The number of piperazine rings is 1. The van der Waals surface area contributed by atoms with E-state index < -0.39 is 17.9 Å². The van der Waals surface area contributed by atoms with Crippen molar-refractivity contribution in [2.24, 2.45) is 0 Å². The monoisotopic (exact) mass is 290 g/mol. The largest absolute Gasteiger partial charge is 0.397 e. The van der Waals surface area contributed by atoms with E-state index in [4.69, 9.17) is 5.73 Å². The van der Waals surface area contributed by atoms with Gasteiger partial charge in [0, 0.05) is 0 Å². The smallest absolute Gasteiger partial charge is 0.243 e. The van der Waals surface area contributed by atoms with Crippen LogP contribution in [0.4, 0.5) is 11.4 Å². The van der Waals surface area contributed by atoms with E-state index >= 15 is 0 Å². The van der Waals surface area contributed by atoms with Crippen LogP contribution in [0.25, 0.3) is 0 Å². The number of nitrogens with zero attached hydrogens (tertiary/aromatic N) is 1. The lowest BCUT2D eigenvalue weighted by Crippen LogP contribution is -2.58. The molecule has 0 spiro atoms. The summed E-state index contributed by atoms with van der Waals surface area (Å²) in [7, 11) is 0. The van der Waals surface area contributed by atoms with Crippen molar-refractivity contribution < 1.29 is 14.4 Å². The minimum Gasteiger partial charge on any atom is -0.397 e. The SMILES string of the molecule is Cc1ccc(NC(=O)CN2CC(=O)NC(=O)C2C)c(N)c1. The van der Waals surface area contributed by atoms with Gasteiger partial charge in [0.15, 0.2) is 0 Å². The fourth-order valence-corrected chi connectivity index (χ4v) is 2.13. The van der Waals surface area contributed by atoms with Gasteiger partial charge in [-0.25, -0.2) is 0 Å². The standard InChI is InChI=1S/C14H18N4O3/c1-8-3-4-11(10(15)5-8)16-12(19)6-18-7-13(20)17-14(21)9(18)2/h3-5,9H,6-7,15H2,1-2H3,(H,16,19)(H,17,20,21). The van der Waals surface area contributed by atoms with Crippen LogP contribution < -0.4 is 16.4 Å². The number of nitrogens with two attached hydrogens (primary N) is 1. The number of benzene rings is 1. The van der Waals surface area contributed by atoms with E-state index in [2.05, 4.69) is 10.6 Å². The molecule has 7 heteroatoms. The molecule has 0 aromatic heterocycles. The number of nitrogen functional groups attached to an aromatic ring is 1. The molecule has 1 aromatic rings. The van der Waals surface area contributed by atoms with E-state index in [9.17, 15) is 14.4 Å². The van der Waals surface area contributed by atoms with Crippen LogP contribution in [0, 0.1) is 6.92 Å². The number of carbonyl (C=O) groups is 3. The molecule has 1 unspecified atom stereocenters. The number of aryl methyl sites for hydroxylation is 1. The van der Waals surface area contributed by atoms with E-state index in [1.807, 2.05) is 13.0 Å². The van der Waals surface area contributed by atoms with E-state index in [0.717, 1.165) is 5.56 Å². The number of hydrogen-bond donors (Lipinski definition) is 3. The van der Waals surface area contributed by atoms with Gasteiger partial charge in [-0.3, -0.25) is 24.6 Å². The molecular formula is C14H18N4O3. The Morgan fingerprint density at radius 2 is 2.19 bits per heavy atom. The van der Waals surface area contributed by atoms with Gasteiger partial charge in [-0.1, -0.05) is 6.07 Å². The van der Waals surface area contributed by atoms with Gasteiger partial charge in [0.05, 0.1) is 30.5 Å². The lowest BCUT2D eigenvalue weighted by Gasteiger charge is -2.30. The molecule has 1 fully saturated rings. The zero-order valence-electron chi connectivity index (χ0n) is 12.0. The second-order valence-corrected chi connectivity index (χ2v) is 5.13. The molecule has 1 aliphatic rings. The second-order valence-electron chi connectivity index (χ2n) is 5.13. The summed E-state index contributed by atoms with van der Waals surface area (Å²) in [6.45, 7) is 3.52. The predicted molar refractivity (Wildman–Crippen MR) is 78.4 cm³/mol. The number of rotatable bonds is 3. The first-order valence-corrected chi connectivity index (χ1v) is 6.60. The predicted octanol–water partition coefficient (Wildman–Crippen LogP) is -0.137. The third kappa shape index (κ3) is 3.57. The van der Waals surface area contributed by atoms with Crippen LogP contribution in [0.3, 0.4) is 0 Å². The normalized spacial score (nSPS) is 19.2. The van der Waals surface area contributed by atoms with E-state index in [1.165, 1.54) is 4.90 Å². The highest BCUT2D eigenvalue weighted by molar-refractivity contribution is 6.02. The van der Waals surface area contributed by atoms with Crippen molar-refractivity contribution in [1.29, 1.82) is 0 Å². The van der Waals surface area contributed by atoms with Crippen LogP contribution in [-0.4, -0.2) is 41.8 Å². The highest BCUT2D eigenvalue weighted by Crippen LogP contribution is 2.19. The number of carbonyl (C=O) groups excluding carboxylic acids is 3. The fourth-order valence-electron chi connectivity index (χ4n) is 2.13. The van der Waals surface area contributed by atoms with Gasteiger partial charge in [-0.2, -0.15) is 0 Å². The first-order chi connectivity index (χ1) is 9.86. The molecule has 0 bridgehead atoms. The summed E-state index contributed by atoms with van der Waals surface area (Å²) >= 11 is 0. The summed E-state index contributed by atoms with van der Waals surface area (Å²) in [5, 5.41) is 4.91. The fraction of sp³-hybridized carbons (Fsp3) is 0.357. The van der Waals surface area contributed by atoms with Gasteiger partial charge in [0.1, 0.15) is 0 Å². The van der Waals surface area contributed by atoms with Gasteiger partial charge in [-0.05, 0) is 31.5 Å².